The molecule has 1 amide bonds. The van der Waals surface area contributed by atoms with Crippen molar-refractivity contribution in [3.63, 3.8) is 0 Å². The molecule has 0 unspecified atom stereocenters. The van der Waals surface area contributed by atoms with E-state index in [-0.39, 0.29) is 11.9 Å². The van der Waals surface area contributed by atoms with Gasteiger partial charge in [0.1, 0.15) is 5.82 Å². The summed E-state index contributed by atoms with van der Waals surface area (Å²) in [7, 11) is 0. The minimum absolute atomic E-state index is 0.0549. The van der Waals surface area contributed by atoms with E-state index in [0.717, 1.165) is 30.9 Å². The first-order valence-corrected chi connectivity index (χ1v) is 10.4. The van der Waals surface area contributed by atoms with Crippen molar-refractivity contribution in [2.45, 2.75) is 58.7 Å². The molecule has 1 aliphatic carbocycles. The molecule has 2 fully saturated rings. The molecule has 4 atom stereocenters. The molecule has 0 bridgehead atoms. The highest BCUT2D eigenvalue weighted by atomic mass is 16.3. The van der Waals surface area contributed by atoms with E-state index in [0.29, 0.717) is 37.0 Å². The largest absolute Gasteiger partial charge is 0.391 e. The number of anilines is 1. The highest BCUT2D eigenvalue weighted by Crippen LogP contribution is 2.37. The van der Waals surface area contributed by atoms with Crippen LogP contribution in [0.25, 0.3) is 0 Å². The van der Waals surface area contributed by atoms with Gasteiger partial charge in [-0.05, 0) is 51.0 Å². The second-order valence-corrected chi connectivity index (χ2v) is 8.47. The zero-order valence-electron chi connectivity index (χ0n) is 17.4. The summed E-state index contributed by atoms with van der Waals surface area (Å²) >= 11 is 0. The van der Waals surface area contributed by atoms with E-state index < -0.39 is 6.10 Å². The summed E-state index contributed by atoms with van der Waals surface area (Å²) in [5, 5.41) is 18.4. The number of hydrogen-bond donors (Lipinski definition) is 2. The first-order valence-electron chi connectivity index (χ1n) is 10.4. The molecule has 3 heterocycles. The molecule has 1 saturated carbocycles. The highest BCUT2D eigenvalue weighted by Gasteiger charge is 2.42. The molecule has 156 valence electrons. The van der Waals surface area contributed by atoms with Gasteiger partial charge in [0, 0.05) is 44.1 Å². The van der Waals surface area contributed by atoms with Crippen LogP contribution in [0.2, 0.25) is 0 Å². The number of likely N-dealkylation sites (tertiary alicyclic amines) is 1. The second-order valence-electron chi connectivity index (χ2n) is 8.47. The molecule has 0 spiro atoms. The van der Waals surface area contributed by atoms with Gasteiger partial charge in [0.15, 0.2) is 0 Å². The molecular weight excluding hydrogens is 368 g/mol. The third-order valence-electron chi connectivity index (χ3n) is 6.67. The lowest BCUT2D eigenvalue weighted by Gasteiger charge is -2.35. The summed E-state index contributed by atoms with van der Waals surface area (Å²) in [6.45, 7) is 8.25. The van der Waals surface area contributed by atoms with Crippen LogP contribution in [0, 0.1) is 32.6 Å². The molecule has 2 aliphatic rings. The van der Waals surface area contributed by atoms with Crippen LogP contribution in [0.1, 0.15) is 36.2 Å². The van der Waals surface area contributed by atoms with Crippen LogP contribution in [0.3, 0.4) is 0 Å². The van der Waals surface area contributed by atoms with Crippen molar-refractivity contribution < 1.29 is 9.90 Å². The number of aliphatic hydroxyl groups is 1. The van der Waals surface area contributed by atoms with Crippen molar-refractivity contribution in [1.29, 1.82) is 0 Å². The third kappa shape index (κ3) is 4.12. The number of carbonyl (C=O) groups is 1. The standard InChI is InChI=1S/C21H30N6O2/c1-13-14(2)25-27(15(13)3)7-4-21(29)26-11-16-8-18(19(28)9-17(16)12-26)24-20-10-22-5-6-23-20/h5-6,10,16-19,28H,4,7-9,11-12H2,1-3H3,(H,23,24)/t16-,17+,18-,19-/m1/s1. The summed E-state index contributed by atoms with van der Waals surface area (Å²) in [5.41, 5.74) is 3.35. The predicted molar refractivity (Wildman–Crippen MR) is 109 cm³/mol. The normalized spacial score (nSPS) is 26.4. The number of aliphatic hydroxyl groups excluding tert-OH is 1. The molecule has 8 heteroatoms. The Morgan fingerprint density at radius 1 is 1.21 bits per heavy atom. The molecule has 2 N–H and O–H groups in total. The Hall–Kier alpha value is -2.48. The SMILES string of the molecule is Cc1nn(CCC(=O)N2C[C@H]3C[C@@H](Nc4cnccn4)[C@H](O)C[C@H]3C2)c(C)c1C. The lowest BCUT2D eigenvalue weighted by Crippen LogP contribution is -2.43. The summed E-state index contributed by atoms with van der Waals surface area (Å²) in [4.78, 5) is 23.1. The van der Waals surface area contributed by atoms with E-state index in [4.69, 9.17) is 0 Å². The van der Waals surface area contributed by atoms with E-state index in [1.54, 1.807) is 18.6 Å². The Bertz CT molecular complexity index is 868. The van der Waals surface area contributed by atoms with Crippen LogP contribution in [0.5, 0.6) is 0 Å². The lowest BCUT2D eigenvalue weighted by atomic mass is 9.77. The van der Waals surface area contributed by atoms with E-state index in [1.807, 2.05) is 16.5 Å². The molecule has 4 rings (SSSR count). The molecular formula is C21H30N6O2. The number of hydrogen-bond acceptors (Lipinski definition) is 6. The quantitative estimate of drug-likeness (QED) is 0.796. The van der Waals surface area contributed by atoms with Gasteiger partial charge >= 0.3 is 0 Å². The average molecular weight is 399 g/mol. The van der Waals surface area contributed by atoms with Crippen LogP contribution in [-0.2, 0) is 11.3 Å². The van der Waals surface area contributed by atoms with E-state index in [2.05, 4.69) is 34.2 Å². The van der Waals surface area contributed by atoms with Crippen LogP contribution in [0.4, 0.5) is 5.82 Å². The third-order valence-corrected chi connectivity index (χ3v) is 6.67. The molecule has 2 aromatic heterocycles. The number of fused-ring (bicyclic) bond motifs is 1. The maximum atomic E-state index is 12.8. The predicted octanol–water partition coefficient (Wildman–Crippen LogP) is 1.70. The van der Waals surface area contributed by atoms with Crippen molar-refractivity contribution in [3.05, 3.63) is 35.5 Å². The first-order chi connectivity index (χ1) is 13.9. The Morgan fingerprint density at radius 3 is 2.62 bits per heavy atom. The van der Waals surface area contributed by atoms with Gasteiger partial charge in [0.05, 0.1) is 24.0 Å². The van der Waals surface area contributed by atoms with Crippen LogP contribution >= 0.6 is 0 Å². The smallest absolute Gasteiger partial charge is 0.224 e. The number of carbonyl (C=O) groups excluding carboxylic acids is 1. The second kappa shape index (κ2) is 8.10. The fourth-order valence-corrected chi connectivity index (χ4v) is 4.72. The Kier molecular flexibility index (Phi) is 5.54. The Labute approximate surface area is 171 Å². The summed E-state index contributed by atoms with van der Waals surface area (Å²) in [6, 6.07) is -0.0549. The van der Waals surface area contributed by atoms with Crippen molar-refractivity contribution in [3.8, 4) is 0 Å². The zero-order valence-corrected chi connectivity index (χ0v) is 17.4. The summed E-state index contributed by atoms with van der Waals surface area (Å²) in [5.74, 6) is 1.64. The van der Waals surface area contributed by atoms with Gasteiger partial charge in [-0.15, -0.1) is 0 Å². The highest BCUT2D eigenvalue weighted by molar-refractivity contribution is 5.76. The summed E-state index contributed by atoms with van der Waals surface area (Å²) in [6.07, 6.45) is 6.51. The van der Waals surface area contributed by atoms with Crippen LogP contribution < -0.4 is 5.32 Å². The van der Waals surface area contributed by atoms with Gasteiger partial charge in [-0.25, -0.2) is 4.98 Å². The molecule has 8 nitrogen and oxygen atoms in total. The molecule has 1 saturated heterocycles. The van der Waals surface area contributed by atoms with Gasteiger partial charge in [-0.3, -0.25) is 14.5 Å². The molecule has 2 aromatic rings. The minimum atomic E-state index is -0.439. The molecule has 29 heavy (non-hydrogen) atoms. The van der Waals surface area contributed by atoms with E-state index in [9.17, 15) is 9.90 Å². The molecule has 1 aliphatic heterocycles. The fraction of sp³-hybridized carbons (Fsp3) is 0.619. The number of aromatic nitrogens is 4. The van der Waals surface area contributed by atoms with E-state index >= 15 is 0 Å². The lowest BCUT2D eigenvalue weighted by molar-refractivity contribution is -0.130. The Balaban J connectivity index is 1.33. The first kappa shape index (κ1) is 19.8. The van der Waals surface area contributed by atoms with Crippen molar-refractivity contribution in [2.24, 2.45) is 11.8 Å². The molecule has 0 aromatic carbocycles. The van der Waals surface area contributed by atoms with Crippen molar-refractivity contribution >= 4 is 11.7 Å². The number of aryl methyl sites for hydroxylation is 2. The van der Waals surface area contributed by atoms with Crippen molar-refractivity contribution in [2.75, 3.05) is 18.4 Å². The minimum Gasteiger partial charge on any atom is -0.391 e. The maximum Gasteiger partial charge on any atom is 0.224 e. The molecule has 0 radical (unpaired) electrons. The van der Waals surface area contributed by atoms with E-state index in [1.165, 1.54) is 5.56 Å². The zero-order chi connectivity index (χ0) is 20.5. The van der Waals surface area contributed by atoms with Crippen LogP contribution in [-0.4, -0.2) is 60.9 Å². The van der Waals surface area contributed by atoms with Gasteiger partial charge < -0.3 is 15.3 Å². The fourth-order valence-electron chi connectivity index (χ4n) is 4.72. The number of nitrogens with zero attached hydrogens (tertiary/aromatic N) is 5. The van der Waals surface area contributed by atoms with Gasteiger partial charge in [0.2, 0.25) is 5.91 Å². The monoisotopic (exact) mass is 398 g/mol. The van der Waals surface area contributed by atoms with Gasteiger partial charge in [-0.1, -0.05) is 0 Å². The number of amides is 1. The van der Waals surface area contributed by atoms with Gasteiger partial charge in [-0.2, -0.15) is 5.10 Å². The van der Waals surface area contributed by atoms with Crippen molar-refractivity contribution in [1.82, 2.24) is 24.6 Å². The Morgan fingerprint density at radius 2 is 1.97 bits per heavy atom. The number of nitrogens with one attached hydrogen (secondary N) is 1. The topological polar surface area (TPSA) is 96.2 Å². The van der Waals surface area contributed by atoms with Crippen LogP contribution in [0.15, 0.2) is 18.6 Å². The number of rotatable bonds is 5. The summed E-state index contributed by atoms with van der Waals surface area (Å²) < 4.78 is 1.94. The maximum absolute atomic E-state index is 12.8. The average Bonchev–Trinajstić information content (AvgIpc) is 3.23. The van der Waals surface area contributed by atoms with Gasteiger partial charge in [0.25, 0.3) is 0 Å².